The fraction of sp³-hybridized carbons (Fsp3) is 0.500. The molecule has 4 nitrogen and oxygen atoms in total. The molecule has 0 aromatic carbocycles. The van der Waals surface area contributed by atoms with Crippen LogP contribution in [0.1, 0.15) is 0 Å². The van der Waals surface area contributed by atoms with Gasteiger partial charge >= 0.3 is 0 Å². The number of aliphatic imine (C=N–C) groups is 1. The standard InChI is InChI=1S/C4H7FN4/c5-1-2-8-4(7)9-3-6/h1-2H2,(H3,7,8,9). The van der Waals surface area contributed by atoms with Crippen LogP contribution in [0.25, 0.3) is 0 Å². The summed E-state index contributed by atoms with van der Waals surface area (Å²) >= 11 is 0. The summed E-state index contributed by atoms with van der Waals surface area (Å²) in [6.45, 7) is -0.561. The molecule has 50 valence electrons. The van der Waals surface area contributed by atoms with Crippen LogP contribution in [0, 0.1) is 11.5 Å². The first-order valence-electron chi connectivity index (χ1n) is 2.32. The van der Waals surface area contributed by atoms with Gasteiger partial charge in [-0.15, -0.1) is 0 Å². The van der Waals surface area contributed by atoms with Gasteiger partial charge in [0.2, 0.25) is 5.96 Å². The van der Waals surface area contributed by atoms with E-state index in [2.05, 4.69) is 4.99 Å². The second-order valence-electron chi connectivity index (χ2n) is 1.19. The first-order valence-corrected chi connectivity index (χ1v) is 2.32. The Morgan fingerprint density at radius 1 is 1.89 bits per heavy atom. The zero-order valence-corrected chi connectivity index (χ0v) is 4.76. The summed E-state index contributed by atoms with van der Waals surface area (Å²) in [7, 11) is 0. The third-order valence-electron chi connectivity index (χ3n) is 0.551. The van der Waals surface area contributed by atoms with Gasteiger partial charge in [0.25, 0.3) is 0 Å². The summed E-state index contributed by atoms with van der Waals surface area (Å²) < 4.78 is 11.3. The van der Waals surface area contributed by atoms with Gasteiger partial charge in [-0.25, -0.2) is 9.38 Å². The highest BCUT2D eigenvalue weighted by Gasteiger charge is 1.84. The Bertz CT molecular complexity index is 136. The molecule has 0 aromatic heterocycles. The summed E-state index contributed by atoms with van der Waals surface area (Å²) in [5.41, 5.74) is 5.02. The van der Waals surface area contributed by atoms with Gasteiger partial charge in [-0.1, -0.05) is 0 Å². The normalized spacial score (nSPS) is 10.4. The van der Waals surface area contributed by atoms with Gasteiger partial charge in [0.1, 0.15) is 6.67 Å². The number of rotatable bonds is 2. The molecule has 0 aliphatic heterocycles. The number of guanidine groups is 1. The second kappa shape index (κ2) is 4.84. The maximum absolute atomic E-state index is 11.3. The van der Waals surface area contributed by atoms with E-state index in [0.29, 0.717) is 0 Å². The van der Waals surface area contributed by atoms with Crippen LogP contribution in [-0.2, 0) is 0 Å². The molecule has 0 aliphatic carbocycles. The molecule has 9 heavy (non-hydrogen) atoms. The van der Waals surface area contributed by atoms with Crippen LogP contribution >= 0.6 is 0 Å². The van der Waals surface area contributed by atoms with Crippen LogP contribution in [0.2, 0.25) is 0 Å². The first-order chi connectivity index (χ1) is 4.31. The molecule has 0 rings (SSSR count). The minimum atomic E-state index is -0.562. The first kappa shape index (κ1) is 7.69. The molecule has 5 heteroatoms. The van der Waals surface area contributed by atoms with Crippen molar-refractivity contribution >= 4 is 5.96 Å². The Kier molecular flexibility index (Phi) is 4.14. The topological polar surface area (TPSA) is 74.2 Å². The quantitative estimate of drug-likeness (QED) is 0.225. The van der Waals surface area contributed by atoms with Crippen molar-refractivity contribution in [3.8, 4) is 6.19 Å². The smallest absolute Gasteiger partial charge is 0.202 e. The molecule has 0 saturated heterocycles. The van der Waals surface area contributed by atoms with E-state index < -0.39 is 6.67 Å². The van der Waals surface area contributed by atoms with Crippen molar-refractivity contribution in [2.45, 2.75) is 0 Å². The van der Waals surface area contributed by atoms with Crippen molar-refractivity contribution in [2.75, 3.05) is 13.2 Å². The van der Waals surface area contributed by atoms with Crippen LogP contribution in [0.3, 0.4) is 0 Å². The van der Waals surface area contributed by atoms with E-state index in [9.17, 15) is 4.39 Å². The molecule has 0 spiro atoms. The van der Waals surface area contributed by atoms with Gasteiger partial charge in [-0.05, 0) is 0 Å². The van der Waals surface area contributed by atoms with E-state index in [4.69, 9.17) is 11.0 Å². The van der Waals surface area contributed by atoms with Crippen molar-refractivity contribution in [3.63, 3.8) is 0 Å². The van der Waals surface area contributed by atoms with Crippen molar-refractivity contribution in [1.82, 2.24) is 5.32 Å². The van der Waals surface area contributed by atoms with Crippen LogP contribution < -0.4 is 11.1 Å². The van der Waals surface area contributed by atoms with Crippen LogP contribution in [0.4, 0.5) is 4.39 Å². The van der Waals surface area contributed by atoms with Gasteiger partial charge in [0, 0.05) is 0 Å². The molecule has 3 N–H and O–H groups in total. The maximum Gasteiger partial charge on any atom is 0.202 e. The molecular formula is C4H7FN4. The Morgan fingerprint density at radius 3 is 3.00 bits per heavy atom. The average Bonchev–Trinajstić information content (AvgIpc) is 1.85. The van der Waals surface area contributed by atoms with Gasteiger partial charge in [-0.2, -0.15) is 5.26 Å². The molecule has 0 saturated carbocycles. The zero-order valence-electron chi connectivity index (χ0n) is 4.76. The van der Waals surface area contributed by atoms with Gasteiger partial charge in [0.05, 0.1) is 6.54 Å². The Labute approximate surface area is 52.2 Å². The molecule has 0 fully saturated rings. The van der Waals surface area contributed by atoms with Crippen LogP contribution in [0.15, 0.2) is 4.99 Å². The minimum absolute atomic E-state index is 0.000509. The number of nitrogens with two attached hydrogens (primary N) is 1. The Balaban J connectivity index is 3.46. The highest BCUT2D eigenvalue weighted by atomic mass is 19.1. The number of alkyl halides is 1. The van der Waals surface area contributed by atoms with Crippen LogP contribution in [0.5, 0.6) is 0 Å². The number of hydrogen-bond donors (Lipinski definition) is 2. The Morgan fingerprint density at radius 2 is 2.56 bits per heavy atom. The molecule has 0 aromatic rings. The van der Waals surface area contributed by atoms with Gasteiger partial charge in [-0.3, -0.25) is 5.32 Å². The number of halogens is 1. The van der Waals surface area contributed by atoms with Crippen LogP contribution in [-0.4, -0.2) is 19.2 Å². The lowest BCUT2D eigenvalue weighted by molar-refractivity contribution is 0.504. The fourth-order valence-electron chi connectivity index (χ4n) is 0.260. The van der Waals surface area contributed by atoms with Gasteiger partial charge in [0.15, 0.2) is 6.19 Å². The van der Waals surface area contributed by atoms with E-state index >= 15 is 0 Å². The summed E-state index contributed by atoms with van der Waals surface area (Å²) in [5.74, 6) is -0.0462. The summed E-state index contributed by atoms with van der Waals surface area (Å²) in [6.07, 6.45) is 1.55. The SMILES string of the molecule is N#CNC(N)=NCCF. The predicted octanol–water partition coefficient (Wildman–Crippen LogP) is -0.659. The second-order valence-corrected chi connectivity index (χ2v) is 1.19. The molecule has 0 radical (unpaired) electrons. The van der Waals surface area contributed by atoms with Crippen molar-refractivity contribution in [3.05, 3.63) is 0 Å². The lowest BCUT2D eigenvalue weighted by Crippen LogP contribution is -2.27. The van der Waals surface area contributed by atoms with E-state index in [-0.39, 0.29) is 12.5 Å². The van der Waals surface area contributed by atoms with E-state index in [1.165, 1.54) is 0 Å². The summed E-state index contributed by atoms with van der Waals surface area (Å²) in [6, 6.07) is 0. The molecule has 0 heterocycles. The number of nitriles is 1. The number of nitrogens with zero attached hydrogens (tertiary/aromatic N) is 2. The third kappa shape index (κ3) is 4.55. The third-order valence-corrected chi connectivity index (χ3v) is 0.551. The average molecular weight is 130 g/mol. The predicted molar refractivity (Wildman–Crippen MR) is 31.2 cm³/mol. The Hall–Kier alpha value is -1.31. The zero-order chi connectivity index (χ0) is 7.11. The summed E-state index contributed by atoms with van der Waals surface area (Å²) in [5, 5.41) is 9.97. The monoisotopic (exact) mass is 130 g/mol. The summed E-state index contributed by atoms with van der Waals surface area (Å²) in [4.78, 5) is 3.42. The molecule has 0 bridgehead atoms. The molecule has 0 amide bonds. The van der Waals surface area contributed by atoms with E-state index in [1.54, 1.807) is 6.19 Å². The van der Waals surface area contributed by atoms with Crippen molar-refractivity contribution in [2.24, 2.45) is 10.7 Å². The molecule has 0 unspecified atom stereocenters. The maximum atomic E-state index is 11.3. The van der Waals surface area contributed by atoms with Crippen molar-refractivity contribution in [1.29, 1.82) is 5.26 Å². The molecule has 0 aliphatic rings. The van der Waals surface area contributed by atoms with Gasteiger partial charge < -0.3 is 5.73 Å². The highest BCUT2D eigenvalue weighted by Crippen LogP contribution is 1.69. The lowest BCUT2D eigenvalue weighted by Gasteiger charge is -1.91. The highest BCUT2D eigenvalue weighted by molar-refractivity contribution is 5.79. The van der Waals surface area contributed by atoms with E-state index in [1.807, 2.05) is 5.32 Å². The molecule has 0 atom stereocenters. The number of nitrogens with one attached hydrogen (secondary N) is 1. The fourth-order valence-corrected chi connectivity index (χ4v) is 0.260. The molecular weight excluding hydrogens is 123 g/mol. The van der Waals surface area contributed by atoms with E-state index in [0.717, 1.165) is 0 Å². The van der Waals surface area contributed by atoms with Crippen molar-refractivity contribution < 1.29 is 4.39 Å². The largest absolute Gasteiger partial charge is 0.369 e. The number of hydrogen-bond acceptors (Lipinski definition) is 2. The lowest BCUT2D eigenvalue weighted by atomic mass is 10.7. The minimum Gasteiger partial charge on any atom is -0.369 e.